The van der Waals surface area contributed by atoms with E-state index in [9.17, 15) is 19.5 Å². The average molecular weight is 457 g/mol. The lowest BCUT2D eigenvalue weighted by Crippen LogP contribution is -2.29. The molecule has 3 aromatic carbocycles. The van der Waals surface area contributed by atoms with Gasteiger partial charge in [0.15, 0.2) is 0 Å². The zero-order valence-corrected chi connectivity index (χ0v) is 18.7. The molecule has 7 nitrogen and oxygen atoms in total. The minimum Gasteiger partial charge on any atom is -0.507 e. The molecule has 34 heavy (non-hydrogen) atoms. The van der Waals surface area contributed by atoms with Crippen molar-refractivity contribution in [3.63, 3.8) is 0 Å². The van der Waals surface area contributed by atoms with Gasteiger partial charge in [-0.15, -0.1) is 0 Å². The van der Waals surface area contributed by atoms with Crippen LogP contribution in [0.15, 0.2) is 84.4 Å². The molecule has 1 unspecified atom stereocenters. The zero-order chi connectivity index (χ0) is 24.2. The standard InChI is InChI=1S/C27H23NO6/c1-3-34-21-15-11-18(12-16-21)24(29)22-23(17-7-5-4-6-8-17)28(26(31)25(22)30)20-13-9-19(10-14-20)27(32)33-2/h4-16,23,29H,3H2,1-2H3/b24-22+. The minimum absolute atomic E-state index is 0.0163. The van der Waals surface area contributed by atoms with Gasteiger partial charge in [0.1, 0.15) is 11.5 Å². The molecule has 1 heterocycles. The van der Waals surface area contributed by atoms with Crippen LogP contribution in [0, 0.1) is 0 Å². The lowest BCUT2D eigenvalue weighted by atomic mass is 9.95. The van der Waals surface area contributed by atoms with Gasteiger partial charge in [-0.2, -0.15) is 0 Å². The molecule has 1 fully saturated rings. The molecule has 1 atom stereocenters. The number of rotatable bonds is 6. The first-order valence-electron chi connectivity index (χ1n) is 10.7. The first kappa shape index (κ1) is 22.8. The van der Waals surface area contributed by atoms with Crippen molar-refractivity contribution >= 4 is 29.1 Å². The van der Waals surface area contributed by atoms with Gasteiger partial charge >= 0.3 is 5.97 Å². The lowest BCUT2D eigenvalue weighted by Gasteiger charge is -2.25. The molecular formula is C27H23NO6. The molecule has 0 spiro atoms. The number of hydrogen-bond donors (Lipinski definition) is 1. The molecule has 7 heteroatoms. The van der Waals surface area contributed by atoms with E-state index in [1.54, 1.807) is 60.7 Å². The Kier molecular flexibility index (Phi) is 6.45. The number of nitrogens with zero attached hydrogens (tertiary/aromatic N) is 1. The Morgan fingerprint density at radius 2 is 1.53 bits per heavy atom. The van der Waals surface area contributed by atoms with E-state index in [0.717, 1.165) is 0 Å². The van der Waals surface area contributed by atoms with Crippen molar-refractivity contribution in [1.82, 2.24) is 0 Å². The van der Waals surface area contributed by atoms with E-state index in [0.29, 0.717) is 34.7 Å². The summed E-state index contributed by atoms with van der Waals surface area (Å²) in [6.45, 7) is 2.37. The Balaban J connectivity index is 1.83. The van der Waals surface area contributed by atoms with Crippen molar-refractivity contribution in [3.05, 3.63) is 101 Å². The van der Waals surface area contributed by atoms with E-state index < -0.39 is 23.7 Å². The average Bonchev–Trinajstić information content (AvgIpc) is 3.14. The van der Waals surface area contributed by atoms with Crippen LogP contribution >= 0.6 is 0 Å². The smallest absolute Gasteiger partial charge is 0.337 e. The second-order valence-corrected chi connectivity index (χ2v) is 7.58. The number of aliphatic hydroxyl groups is 1. The van der Waals surface area contributed by atoms with E-state index in [4.69, 9.17) is 9.47 Å². The summed E-state index contributed by atoms with van der Waals surface area (Å²) < 4.78 is 10.2. The van der Waals surface area contributed by atoms with E-state index >= 15 is 0 Å². The Labute approximate surface area is 196 Å². The molecule has 0 aromatic heterocycles. The number of carbonyl (C=O) groups excluding carboxylic acids is 3. The number of ketones is 1. The van der Waals surface area contributed by atoms with Crippen molar-refractivity contribution in [2.45, 2.75) is 13.0 Å². The van der Waals surface area contributed by atoms with Crippen molar-refractivity contribution in [1.29, 1.82) is 0 Å². The third-order valence-electron chi connectivity index (χ3n) is 5.57. The SMILES string of the molecule is CCOc1ccc(/C(O)=C2\C(=O)C(=O)N(c3ccc(C(=O)OC)cc3)C2c2ccccc2)cc1. The highest BCUT2D eigenvalue weighted by Crippen LogP contribution is 2.42. The number of methoxy groups -OCH3 is 1. The molecule has 1 aliphatic heterocycles. The monoisotopic (exact) mass is 457 g/mol. The number of Topliss-reactive ketones (excluding diaryl/α,β-unsaturated/α-hetero) is 1. The predicted molar refractivity (Wildman–Crippen MR) is 127 cm³/mol. The second-order valence-electron chi connectivity index (χ2n) is 7.58. The summed E-state index contributed by atoms with van der Waals surface area (Å²) in [7, 11) is 1.28. The maximum absolute atomic E-state index is 13.2. The van der Waals surface area contributed by atoms with Crippen LogP contribution in [0.4, 0.5) is 5.69 Å². The zero-order valence-electron chi connectivity index (χ0n) is 18.7. The topological polar surface area (TPSA) is 93.1 Å². The Morgan fingerprint density at radius 3 is 2.12 bits per heavy atom. The van der Waals surface area contributed by atoms with Crippen LogP contribution in [-0.4, -0.2) is 36.5 Å². The molecule has 0 aliphatic carbocycles. The largest absolute Gasteiger partial charge is 0.507 e. The van der Waals surface area contributed by atoms with Gasteiger partial charge in [-0.1, -0.05) is 30.3 Å². The molecule has 1 saturated heterocycles. The maximum atomic E-state index is 13.2. The van der Waals surface area contributed by atoms with Crippen LogP contribution in [0.5, 0.6) is 5.75 Å². The number of carbonyl (C=O) groups is 3. The molecule has 0 bridgehead atoms. The first-order valence-corrected chi connectivity index (χ1v) is 10.7. The molecule has 4 rings (SSSR count). The number of amides is 1. The quantitative estimate of drug-likeness (QED) is 0.254. The summed E-state index contributed by atoms with van der Waals surface area (Å²) in [4.78, 5) is 39.5. The van der Waals surface area contributed by atoms with Gasteiger partial charge in [0.05, 0.1) is 30.9 Å². The summed E-state index contributed by atoms with van der Waals surface area (Å²) >= 11 is 0. The van der Waals surface area contributed by atoms with Crippen LogP contribution in [0.25, 0.3) is 5.76 Å². The maximum Gasteiger partial charge on any atom is 0.337 e. The summed E-state index contributed by atoms with van der Waals surface area (Å²) in [5.74, 6) is -1.72. The van der Waals surface area contributed by atoms with Crippen molar-refractivity contribution in [2.75, 3.05) is 18.6 Å². The van der Waals surface area contributed by atoms with Gasteiger partial charge in [0.2, 0.25) is 0 Å². The van der Waals surface area contributed by atoms with Gasteiger partial charge in [-0.3, -0.25) is 14.5 Å². The third-order valence-corrected chi connectivity index (χ3v) is 5.57. The minimum atomic E-state index is -0.850. The number of ether oxygens (including phenoxy) is 2. The number of benzene rings is 3. The molecule has 1 aliphatic rings. The van der Waals surface area contributed by atoms with Crippen LogP contribution in [0.1, 0.15) is 34.5 Å². The van der Waals surface area contributed by atoms with Crippen molar-refractivity contribution in [2.24, 2.45) is 0 Å². The van der Waals surface area contributed by atoms with E-state index in [2.05, 4.69) is 0 Å². The summed E-state index contributed by atoms with van der Waals surface area (Å²) in [5.41, 5.74) is 1.76. The van der Waals surface area contributed by atoms with Crippen LogP contribution in [0.2, 0.25) is 0 Å². The van der Waals surface area contributed by atoms with E-state index in [-0.39, 0.29) is 11.3 Å². The molecule has 3 aromatic rings. The van der Waals surface area contributed by atoms with Gasteiger partial charge in [-0.25, -0.2) is 4.79 Å². The highest BCUT2D eigenvalue weighted by molar-refractivity contribution is 6.51. The van der Waals surface area contributed by atoms with Gasteiger partial charge in [-0.05, 0) is 61.0 Å². The summed E-state index contributed by atoms with van der Waals surface area (Å²) in [6.07, 6.45) is 0. The highest BCUT2D eigenvalue weighted by atomic mass is 16.5. The summed E-state index contributed by atoms with van der Waals surface area (Å²) in [6, 6.07) is 21.0. The fourth-order valence-electron chi connectivity index (χ4n) is 3.96. The Hall–Kier alpha value is -4.39. The molecule has 1 N–H and O–H groups in total. The van der Waals surface area contributed by atoms with Gasteiger partial charge in [0.25, 0.3) is 11.7 Å². The molecule has 1 amide bonds. The van der Waals surface area contributed by atoms with Crippen LogP contribution < -0.4 is 9.64 Å². The third kappa shape index (κ3) is 4.15. The molecule has 0 radical (unpaired) electrons. The second kappa shape index (κ2) is 9.62. The van der Waals surface area contributed by atoms with E-state index in [1.165, 1.54) is 24.1 Å². The van der Waals surface area contributed by atoms with Gasteiger partial charge < -0.3 is 14.6 Å². The number of anilines is 1. The Bertz CT molecular complexity index is 1250. The molecule has 0 saturated carbocycles. The number of esters is 1. The first-order chi connectivity index (χ1) is 16.5. The van der Waals surface area contributed by atoms with Crippen molar-refractivity contribution in [3.8, 4) is 5.75 Å². The number of aliphatic hydroxyl groups excluding tert-OH is 1. The van der Waals surface area contributed by atoms with Gasteiger partial charge in [0, 0.05) is 11.3 Å². The Morgan fingerprint density at radius 1 is 0.912 bits per heavy atom. The van der Waals surface area contributed by atoms with E-state index in [1.807, 2.05) is 13.0 Å². The fraction of sp³-hybridized carbons (Fsp3) is 0.148. The molecule has 172 valence electrons. The normalized spacial score (nSPS) is 17.0. The van der Waals surface area contributed by atoms with Crippen LogP contribution in [0.3, 0.4) is 0 Å². The fourth-order valence-corrected chi connectivity index (χ4v) is 3.96. The predicted octanol–water partition coefficient (Wildman–Crippen LogP) is 4.50. The van der Waals surface area contributed by atoms with Crippen molar-refractivity contribution < 1.29 is 29.0 Å². The molecular weight excluding hydrogens is 434 g/mol. The summed E-state index contributed by atoms with van der Waals surface area (Å²) in [5, 5.41) is 11.2. The number of hydrogen-bond acceptors (Lipinski definition) is 6. The highest BCUT2D eigenvalue weighted by Gasteiger charge is 2.46. The lowest BCUT2D eigenvalue weighted by molar-refractivity contribution is -0.132. The van der Waals surface area contributed by atoms with Crippen LogP contribution in [-0.2, 0) is 14.3 Å².